The van der Waals surface area contributed by atoms with Gasteiger partial charge < -0.3 is 5.32 Å². The topological polar surface area (TPSA) is 96.7 Å². The van der Waals surface area contributed by atoms with Gasteiger partial charge in [-0.1, -0.05) is 0 Å². The second-order valence-corrected chi connectivity index (χ2v) is 3.56. The summed E-state index contributed by atoms with van der Waals surface area (Å²) in [5.74, 6) is 0.0415. The molecule has 0 atom stereocenters. The van der Waals surface area contributed by atoms with E-state index in [4.69, 9.17) is 0 Å². The van der Waals surface area contributed by atoms with Gasteiger partial charge in [0.05, 0.1) is 11.0 Å². The third-order valence-electron chi connectivity index (χ3n) is 2.25. The second kappa shape index (κ2) is 5.21. The van der Waals surface area contributed by atoms with Gasteiger partial charge in [0.15, 0.2) is 0 Å². The van der Waals surface area contributed by atoms with E-state index in [0.717, 1.165) is 6.07 Å². The SMILES string of the molecule is O=[N+]([O-])c1cc(F)cc(NCCc2ncn[nH]2)c1. The molecule has 0 saturated carbocycles. The van der Waals surface area contributed by atoms with E-state index in [0.29, 0.717) is 24.5 Å². The van der Waals surface area contributed by atoms with Crippen molar-refractivity contribution < 1.29 is 9.31 Å². The molecular formula is C10H10FN5O2. The molecule has 0 unspecified atom stereocenters. The van der Waals surface area contributed by atoms with E-state index in [1.807, 2.05) is 0 Å². The first-order chi connectivity index (χ1) is 8.65. The van der Waals surface area contributed by atoms with Crippen molar-refractivity contribution in [1.82, 2.24) is 15.2 Å². The first-order valence-corrected chi connectivity index (χ1v) is 5.18. The molecule has 1 aromatic carbocycles. The Morgan fingerprint density at radius 2 is 2.28 bits per heavy atom. The molecule has 0 saturated heterocycles. The fourth-order valence-corrected chi connectivity index (χ4v) is 1.46. The number of anilines is 1. The first-order valence-electron chi connectivity index (χ1n) is 5.18. The normalized spacial score (nSPS) is 10.3. The van der Waals surface area contributed by atoms with Crippen LogP contribution in [0, 0.1) is 15.9 Å². The maximum absolute atomic E-state index is 13.1. The summed E-state index contributed by atoms with van der Waals surface area (Å²) in [6.45, 7) is 0.468. The average molecular weight is 251 g/mol. The zero-order valence-corrected chi connectivity index (χ0v) is 9.26. The number of nitrogens with one attached hydrogen (secondary N) is 2. The van der Waals surface area contributed by atoms with E-state index in [1.54, 1.807) is 0 Å². The summed E-state index contributed by atoms with van der Waals surface area (Å²) in [7, 11) is 0. The lowest BCUT2D eigenvalue weighted by Gasteiger charge is -2.05. The van der Waals surface area contributed by atoms with Crippen LogP contribution in [0.3, 0.4) is 0 Å². The molecule has 1 aromatic heterocycles. The average Bonchev–Trinajstić information content (AvgIpc) is 2.81. The van der Waals surface area contributed by atoms with Gasteiger partial charge >= 0.3 is 0 Å². The lowest BCUT2D eigenvalue weighted by molar-refractivity contribution is -0.385. The Kier molecular flexibility index (Phi) is 3.46. The van der Waals surface area contributed by atoms with Crippen LogP contribution in [-0.4, -0.2) is 26.6 Å². The third-order valence-corrected chi connectivity index (χ3v) is 2.25. The number of aromatic nitrogens is 3. The molecule has 0 amide bonds. The van der Waals surface area contributed by atoms with E-state index in [1.165, 1.54) is 18.5 Å². The Balaban J connectivity index is 1.98. The van der Waals surface area contributed by atoms with E-state index in [-0.39, 0.29) is 5.69 Å². The highest BCUT2D eigenvalue weighted by Gasteiger charge is 2.09. The third kappa shape index (κ3) is 3.00. The number of nitro benzene ring substituents is 1. The van der Waals surface area contributed by atoms with Crippen molar-refractivity contribution in [1.29, 1.82) is 0 Å². The number of nitro groups is 1. The van der Waals surface area contributed by atoms with Crippen LogP contribution < -0.4 is 5.32 Å². The van der Waals surface area contributed by atoms with Crippen molar-refractivity contribution in [3.05, 3.63) is 46.3 Å². The molecule has 0 aliphatic carbocycles. The highest BCUT2D eigenvalue weighted by atomic mass is 19.1. The molecular weight excluding hydrogens is 241 g/mol. The minimum Gasteiger partial charge on any atom is -0.384 e. The number of rotatable bonds is 5. The van der Waals surface area contributed by atoms with Crippen molar-refractivity contribution >= 4 is 11.4 Å². The fourth-order valence-electron chi connectivity index (χ4n) is 1.46. The standard InChI is InChI=1S/C10H10FN5O2/c11-7-3-8(5-9(4-7)16(17)18)12-2-1-10-13-6-14-15-10/h3-6,12H,1-2H2,(H,13,14,15). The number of benzene rings is 1. The summed E-state index contributed by atoms with van der Waals surface area (Å²) in [6, 6.07) is 3.36. The highest BCUT2D eigenvalue weighted by Crippen LogP contribution is 2.19. The van der Waals surface area contributed by atoms with Gasteiger partial charge in [0.2, 0.25) is 0 Å². The Bertz CT molecular complexity index is 543. The Morgan fingerprint density at radius 3 is 2.94 bits per heavy atom. The summed E-state index contributed by atoms with van der Waals surface area (Å²) in [4.78, 5) is 13.8. The zero-order chi connectivity index (χ0) is 13.0. The van der Waals surface area contributed by atoms with Crippen LogP contribution in [0.1, 0.15) is 5.82 Å². The van der Waals surface area contributed by atoms with E-state index in [2.05, 4.69) is 20.5 Å². The summed E-state index contributed by atoms with van der Waals surface area (Å²) in [5.41, 5.74) is 0.0818. The highest BCUT2D eigenvalue weighted by molar-refractivity contribution is 5.51. The number of non-ortho nitro benzene ring substituents is 1. The Hall–Kier alpha value is -2.51. The molecule has 2 N–H and O–H groups in total. The molecule has 0 aliphatic rings. The molecule has 2 rings (SSSR count). The lowest BCUT2D eigenvalue weighted by atomic mass is 10.2. The number of hydrogen-bond acceptors (Lipinski definition) is 5. The number of hydrogen-bond donors (Lipinski definition) is 2. The smallest absolute Gasteiger partial charge is 0.274 e. The second-order valence-electron chi connectivity index (χ2n) is 3.56. The summed E-state index contributed by atoms with van der Waals surface area (Å²) in [6.07, 6.45) is 1.95. The molecule has 94 valence electrons. The molecule has 0 aliphatic heterocycles. The maximum Gasteiger partial charge on any atom is 0.274 e. The van der Waals surface area contributed by atoms with Gasteiger partial charge in [-0.25, -0.2) is 9.37 Å². The van der Waals surface area contributed by atoms with Crippen LogP contribution in [0.15, 0.2) is 24.5 Å². The van der Waals surface area contributed by atoms with E-state index >= 15 is 0 Å². The summed E-state index contributed by atoms with van der Waals surface area (Å²) in [5, 5.41) is 19.8. The molecule has 18 heavy (non-hydrogen) atoms. The lowest BCUT2D eigenvalue weighted by Crippen LogP contribution is -2.06. The summed E-state index contributed by atoms with van der Waals surface area (Å²) < 4.78 is 13.1. The van der Waals surface area contributed by atoms with Gasteiger partial charge in [-0.2, -0.15) is 5.10 Å². The van der Waals surface area contributed by atoms with Crippen LogP contribution >= 0.6 is 0 Å². The van der Waals surface area contributed by atoms with Crippen molar-refractivity contribution in [2.75, 3.05) is 11.9 Å². The monoisotopic (exact) mass is 251 g/mol. The Labute approximate surface area is 101 Å². The molecule has 2 aromatic rings. The van der Waals surface area contributed by atoms with E-state index in [9.17, 15) is 14.5 Å². The van der Waals surface area contributed by atoms with Crippen molar-refractivity contribution in [2.45, 2.75) is 6.42 Å². The van der Waals surface area contributed by atoms with Crippen LogP contribution in [0.5, 0.6) is 0 Å². The predicted molar refractivity (Wildman–Crippen MR) is 61.6 cm³/mol. The molecule has 0 bridgehead atoms. The van der Waals surface area contributed by atoms with Gasteiger partial charge in [0, 0.05) is 24.7 Å². The zero-order valence-electron chi connectivity index (χ0n) is 9.26. The van der Waals surface area contributed by atoms with Crippen molar-refractivity contribution in [3.63, 3.8) is 0 Å². The van der Waals surface area contributed by atoms with Crippen LogP contribution in [0.25, 0.3) is 0 Å². The van der Waals surface area contributed by atoms with Gasteiger partial charge in [0.1, 0.15) is 18.0 Å². The van der Waals surface area contributed by atoms with Gasteiger partial charge in [-0.3, -0.25) is 15.2 Å². The molecule has 7 nitrogen and oxygen atoms in total. The maximum atomic E-state index is 13.1. The van der Waals surface area contributed by atoms with Gasteiger partial charge in [-0.05, 0) is 6.07 Å². The van der Waals surface area contributed by atoms with Crippen molar-refractivity contribution in [3.8, 4) is 0 Å². The number of nitrogens with zero attached hydrogens (tertiary/aromatic N) is 3. The molecule has 0 spiro atoms. The van der Waals surface area contributed by atoms with Crippen molar-refractivity contribution in [2.24, 2.45) is 0 Å². The van der Waals surface area contributed by atoms with Crippen LogP contribution in [-0.2, 0) is 6.42 Å². The minimum atomic E-state index is -0.647. The molecule has 1 heterocycles. The molecule has 0 radical (unpaired) electrons. The number of aromatic amines is 1. The summed E-state index contributed by atoms with van der Waals surface area (Å²) >= 11 is 0. The van der Waals surface area contributed by atoms with Crippen LogP contribution in [0.4, 0.5) is 15.8 Å². The predicted octanol–water partition coefficient (Wildman–Crippen LogP) is 1.51. The van der Waals surface area contributed by atoms with Gasteiger partial charge in [0.25, 0.3) is 5.69 Å². The molecule has 8 heteroatoms. The minimum absolute atomic E-state index is 0.280. The van der Waals surface area contributed by atoms with E-state index < -0.39 is 10.7 Å². The molecule has 0 fully saturated rings. The Morgan fingerprint density at radius 1 is 1.44 bits per heavy atom. The largest absolute Gasteiger partial charge is 0.384 e. The first kappa shape index (κ1) is 12.0. The number of H-pyrrole nitrogens is 1. The number of halogens is 1. The quantitative estimate of drug-likeness (QED) is 0.620. The van der Waals surface area contributed by atoms with Gasteiger partial charge in [-0.15, -0.1) is 0 Å². The van der Waals surface area contributed by atoms with Crippen LogP contribution in [0.2, 0.25) is 0 Å². The fraction of sp³-hybridized carbons (Fsp3) is 0.200.